The molecule has 1 saturated heterocycles. The van der Waals surface area contributed by atoms with Gasteiger partial charge in [0.15, 0.2) is 0 Å². The van der Waals surface area contributed by atoms with Gasteiger partial charge in [0.2, 0.25) is 0 Å². The van der Waals surface area contributed by atoms with Crippen LogP contribution in [-0.2, 0) is 16.0 Å². The lowest BCUT2D eigenvalue weighted by atomic mass is 9.91. The quantitative estimate of drug-likeness (QED) is 0.272. The standard InChI is InChI=1S/C32H38N2O4S/c1-22-8-6-7-11-26(22)28-21-24(12-13-27(28)31(35)34-29(32(36)37)16-19-39-2)30(20-23-9-4-3-5-10-23)38-25-14-17-33-18-15-25/h3-13,21,25,29-30,33H,14-20H2,1-2H3,(H,34,35)(H,36,37). The van der Waals surface area contributed by atoms with Crippen molar-refractivity contribution in [2.24, 2.45) is 0 Å². The van der Waals surface area contributed by atoms with E-state index in [-0.39, 0.29) is 18.1 Å². The van der Waals surface area contributed by atoms with Crippen molar-refractivity contribution in [2.45, 2.75) is 50.9 Å². The highest BCUT2D eigenvalue weighted by molar-refractivity contribution is 7.98. The maximum atomic E-state index is 13.5. The van der Waals surface area contributed by atoms with E-state index in [2.05, 4.69) is 28.8 Å². The molecule has 7 heteroatoms. The van der Waals surface area contributed by atoms with Crippen molar-refractivity contribution in [1.82, 2.24) is 10.6 Å². The van der Waals surface area contributed by atoms with E-state index in [4.69, 9.17) is 4.74 Å². The zero-order valence-corrected chi connectivity index (χ0v) is 23.5. The molecule has 3 aromatic rings. The van der Waals surface area contributed by atoms with Crippen molar-refractivity contribution in [3.05, 3.63) is 95.1 Å². The molecule has 0 saturated carbocycles. The van der Waals surface area contributed by atoms with E-state index in [9.17, 15) is 14.7 Å². The predicted molar refractivity (Wildman–Crippen MR) is 158 cm³/mol. The van der Waals surface area contributed by atoms with Crippen LogP contribution in [-0.4, -0.2) is 54.2 Å². The summed E-state index contributed by atoms with van der Waals surface area (Å²) in [6.45, 7) is 3.91. The summed E-state index contributed by atoms with van der Waals surface area (Å²) in [5, 5.41) is 15.9. The van der Waals surface area contributed by atoms with Gasteiger partial charge in [-0.3, -0.25) is 4.79 Å². The number of amides is 1. The van der Waals surface area contributed by atoms with E-state index >= 15 is 0 Å². The molecule has 1 fully saturated rings. The summed E-state index contributed by atoms with van der Waals surface area (Å²) in [5.41, 5.74) is 5.42. The van der Waals surface area contributed by atoms with E-state index in [1.165, 1.54) is 5.56 Å². The molecule has 0 spiro atoms. The molecular formula is C32H38N2O4S. The number of nitrogens with one attached hydrogen (secondary N) is 2. The molecule has 0 bridgehead atoms. The molecule has 4 rings (SSSR count). The monoisotopic (exact) mass is 546 g/mol. The highest BCUT2D eigenvalue weighted by Crippen LogP contribution is 2.33. The van der Waals surface area contributed by atoms with Crippen LogP contribution < -0.4 is 10.6 Å². The highest BCUT2D eigenvalue weighted by Gasteiger charge is 2.25. The van der Waals surface area contributed by atoms with E-state index in [1.807, 2.05) is 67.8 Å². The van der Waals surface area contributed by atoms with Crippen LogP contribution in [0.5, 0.6) is 0 Å². The Bertz CT molecular complexity index is 1240. The summed E-state index contributed by atoms with van der Waals surface area (Å²) in [4.78, 5) is 25.3. The number of benzene rings is 3. The third-order valence-corrected chi connectivity index (χ3v) is 7.86. The number of ether oxygens (including phenoxy) is 1. The van der Waals surface area contributed by atoms with Crippen LogP contribution in [0, 0.1) is 6.92 Å². The number of aliphatic carboxylic acids is 1. The van der Waals surface area contributed by atoms with Gasteiger partial charge in [0.05, 0.1) is 12.2 Å². The highest BCUT2D eigenvalue weighted by atomic mass is 32.2. The lowest BCUT2D eigenvalue weighted by Gasteiger charge is -2.29. The fourth-order valence-electron chi connectivity index (χ4n) is 5.02. The van der Waals surface area contributed by atoms with Crippen LogP contribution in [0.15, 0.2) is 72.8 Å². The lowest BCUT2D eigenvalue weighted by molar-refractivity contribution is -0.139. The summed E-state index contributed by atoms with van der Waals surface area (Å²) in [5.74, 6) is -0.757. The van der Waals surface area contributed by atoms with Crippen molar-refractivity contribution in [3.8, 4) is 11.1 Å². The van der Waals surface area contributed by atoms with Gasteiger partial charge in [-0.25, -0.2) is 4.79 Å². The molecule has 1 amide bonds. The molecule has 3 N–H and O–H groups in total. The van der Waals surface area contributed by atoms with E-state index in [1.54, 1.807) is 11.8 Å². The predicted octanol–water partition coefficient (Wildman–Crippen LogP) is 5.65. The van der Waals surface area contributed by atoms with Gasteiger partial charge < -0.3 is 20.5 Å². The van der Waals surface area contributed by atoms with Crippen LogP contribution in [0.3, 0.4) is 0 Å². The minimum Gasteiger partial charge on any atom is -0.480 e. The molecule has 2 atom stereocenters. The number of hydrogen-bond acceptors (Lipinski definition) is 5. The summed E-state index contributed by atoms with van der Waals surface area (Å²) in [6, 6.07) is 23.2. The normalized spacial score (nSPS) is 15.4. The van der Waals surface area contributed by atoms with E-state index in [0.29, 0.717) is 17.7 Å². The Morgan fingerprint density at radius 1 is 1.03 bits per heavy atom. The minimum atomic E-state index is -1.02. The van der Waals surface area contributed by atoms with Crippen LogP contribution >= 0.6 is 11.8 Å². The van der Waals surface area contributed by atoms with Gasteiger partial charge in [0.25, 0.3) is 5.91 Å². The molecule has 1 aliphatic rings. The molecule has 39 heavy (non-hydrogen) atoms. The summed E-state index contributed by atoms with van der Waals surface area (Å²) in [7, 11) is 0. The first-order valence-corrected chi connectivity index (χ1v) is 15.0. The van der Waals surface area contributed by atoms with Crippen molar-refractivity contribution < 1.29 is 19.4 Å². The first-order valence-electron chi connectivity index (χ1n) is 13.6. The second kappa shape index (κ2) is 14.3. The third-order valence-electron chi connectivity index (χ3n) is 7.22. The van der Waals surface area contributed by atoms with Crippen LogP contribution in [0.2, 0.25) is 0 Å². The molecule has 206 valence electrons. The van der Waals surface area contributed by atoms with E-state index in [0.717, 1.165) is 54.6 Å². The van der Waals surface area contributed by atoms with Crippen molar-refractivity contribution in [1.29, 1.82) is 0 Å². The van der Waals surface area contributed by atoms with Gasteiger partial charge in [0, 0.05) is 12.0 Å². The second-order valence-electron chi connectivity index (χ2n) is 10.0. The van der Waals surface area contributed by atoms with Gasteiger partial charge in [-0.1, -0.05) is 60.7 Å². The van der Waals surface area contributed by atoms with Gasteiger partial charge in [-0.2, -0.15) is 11.8 Å². The molecule has 0 aliphatic carbocycles. The molecule has 2 unspecified atom stereocenters. The summed E-state index contributed by atoms with van der Waals surface area (Å²) >= 11 is 1.56. The Hall–Kier alpha value is -3.13. The van der Waals surface area contributed by atoms with Crippen molar-refractivity contribution >= 4 is 23.6 Å². The van der Waals surface area contributed by atoms with Crippen LogP contribution in [0.1, 0.15) is 52.4 Å². The number of rotatable bonds is 12. The van der Waals surface area contributed by atoms with Gasteiger partial charge in [0.1, 0.15) is 6.04 Å². The Labute approximate surface area is 235 Å². The minimum absolute atomic E-state index is 0.164. The Balaban J connectivity index is 1.72. The van der Waals surface area contributed by atoms with Gasteiger partial charge in [-0.05, 0) is 91.2 Å². The number of carbonyl (C=O) groups is 2. The molecular weight excluding hydrogens is 508 g/mol. The molecule has 1 heterocycles. The average Bonchev–Trinajstić information content (AvgIpc) is 2.96. The van der Waals surface area contributed by atoms with Crippen molar-refractivity contribution in [3.63, 3.8) is 0 Å². The smallest absolute Gasteiger partial charge is 0.326 e. The number of hydrogen-bond donors (Lipinski definition) is 3. The SMILES string of the molecule is CSCCC(NC(=O)c1ccc(C(Cc2ccccc2)OC2CCNCC2)cc1-c1ccccc1C)C(=O)O. The summed E-state index contributed by atoms with van der Waals surface area (Å²) < 4.78 is 6.72. The Morgan fingerprint density at radius 3 is 2.44 bits per heavy atom. The number of carboxylic acid groups (broad SMARTS) is 1. The van der Waals surface area contributed by atoms with Crippen molar-refractivity contribution in [2.75, 3.05) is 25.1 Å². The first kappa shape index (κ1) is 28.9. The molecule has 3 aromatic carbocycles. The maximum absolute atomic E-state index is 13.5. The number of aryl methyl sites for hydroxylation is 1. The molecule has 0 radical (unpaired) electrons. The number of piperidine rings is 1. The molecule has 6 nitrogen and oxygen atoms in total. The Kier molecular flexibility index (Phi) is 10.6. The fraction of sp³-hybridized carbons (Fsp3) is 0.375. The third kappa shape index (κ3) is 7.94. The number of thioether (sulfide) groups is 1. The van der Waals surface area contributed by atoms with Crippen LogP contribution in [0.4, 0.5) is 0 Å². The van der Waals surface area contributed by atoms with Gasteiger partial charge in [-0.15, -0.1) is 0 Å². The second-order valence-corrected chi connectivity index (χ2v) is 11.0. The maximum Gasteiger partial charge on any atom is 0.326 e. The fourth-order valence-corrected chi connectivity index (χ4v) is 5.50. The summed E-state index contributed by atoms with van der Waals surface area (Å²) in [6.07, 6.45) is 4.92. The lowest BCUT2D eigenvalue weighted by Crippen LogP contribution is -2.41. The topological polar surface area (TPSA) is 87.7 Å². The van der Waals surface area contributed by atoms with Gasteiger partial charge >= 0.3 is 5.97 Å². The zero-order chi connectivity index (χ0) is 27.6. The Morgan fingerprint density at radius 2 is 1.74 bits per heavy atom. The molecule has 1 aliphatic heterocycles. The zero-order valence-electron chi connectivity index (χ0n) is 22.7. The molecule has 0 aromatic heterocycles. The largest absolute Gasteiger partial charge is 0.480 e. The van der Waals surface area contributed by atoms with Crippen LogP contribution in [0.25, 0.3) is 11.1 Å². The average molecular weight is 547 g/mol. The number of carboxylic acids is 1. The first-order chi connectivity index (χ1) is 19.0. The number of carbonyl (C=O) groups excluding carboxylic acids is 1. The van der Waals surface area contributed by atoms with E-state index < -0.39 is 12.0 Å².